The molecule has 0 saturated carbocycles. The monoisotopic (exact) mass is 318 g/mol. The minimum atomic E-state index is 1.07. The highest BCUT2D eigenvalue weighted by atomic mass is 15.2. The molecule has 2 heteroatoms. The summed E-state index contributed by atoms with van der Waals surface area (Å²) in [4.78, 5) is 0. The number of nitrogens with zero attached hydrogens (tertiary/aromatic N) is 2. The highest BCUT2D eigenvalue weighted by molar-refractivity contribution is 5.82. The van der Waals surface area contributed by atoms with Gasteiger partial charge in [-0.25, -0.2) is 0 Å². The highest BCUT2D eigenvalue weighted by Gasteiger charge is 1.93. The molecule has 0 aromatic heterocycles. The molecule has 0 fully saturated rings. The SMILES string of the molecule is C=CCCCc1ccc(C=NN=Cc2ccc(CCC)cc2)cc1. The van der Waals surface area contributed by atoms with Crippen molar-refractivity contribution >= 4 is 12.4 Å². The van der Waals surface area contributed by atoms with Crippen molar-refractivity contribution in [2.75, 3.05) is 0 Å². The van der Waals surface area contributed by atoms with Crippen molar-refractivity contribution < 1.29 is 0 Å². The predicted octanol–water partition coefficient (Wildman–Crippen LogP) is 5.60. The summed E-state index contributed by atoms with van der Waals surface area (Å²) in [5.41, 5.74) is 4.86. The molecule has 0 amide bonds. The second-order valence-electron chi connectivity index (χ2n) is 5.90. The van der Waals surface area contributed by atoms with E-state index in [1.165, 1.54) is 17.5 Å². The first-order valence-corrected chi connectivity index (χ1v) is 8.67. The molecule has 24 heavy (non-hydrogen) atoms. The summed E-state index contributed by atoms with van der Waals surface area (Å²) < 4.78 is 0. The maximum Gasteiger partial charge on any atom is 0.0568 e. The predicted molar refractivity (Wildman–Crippen MR) is 105 cm³/mol. The number of unbranched alkanes of at least 4 members (excludes halogenated alkanes) is 1. The Labute approximate surface area is 145 Å². The molecule has 2 aromatic rings. The van der Waals surface area contributed by atoms with Gasteiger partial charge in [-0.05, 0) is 47.9 Å². The van der Waals surface area contributed by atoms with Crippen LogP contribution >= 0.6 is 0 Å². The first kappa shape index (κ1) is 17.9. The number of rotatable bonds is 9. The molecule has 0 aliphatic rings. The van der Waals surface area contributed by atoms with E-state index in [0.29, 0.717) is 0 Å². The molecule has 0 atom stereocenters. The summed E-state index contributed by atoms with van der Waals surface area (Å²) in [6.45, 7) is 5.94. The summed E-state index contributed by atoms with van der Waals surface area (Å²) in [7, 11) is 0. The summed E-state index contributed by atoms with van der Waals surface area (Å²) in [6.07, 6.45) is 11.1. The molecule has 124 valence electrons. The smallest absolute Gasteiger partial charge is 0.0568 e. The molecule has 2 nitrogen and oxygen atoms in total. The van der Waals surface area contributed by atoms with Gasteiger partial charge in [0.15, 0.2) is 0 Å². The fourth-order valence-corrected chi connectivity index (χ4v) is 2.48. The van der Waals surface area contributed by atoms with Crippen LogP contribution < -0.4 is 0 Å². The maximum absolute atomic E-state index is 4.13. The van der Waals surface area contributed by atoms with Crippen molar-refractivity contribution in [1.82, 2.24) is 0 Å². The maximum atomic E-state index is 4.13. The number of hydrogen-bond acceptors (Lipinski definition) is 2. The van der Waals surface area contributed by atoms with Gasteiger partial charge >= 0.3 is 0 Å². The summed E-state index contributed by atoms with van der Waals surface area (Å²) >= 11 is 0. The second kappa shape index (κ2) is 10.3. The molecule has 0 radical (unpaired) electrons. The van der Waals surface area contributed by atoms with Crippen molar-refractivity contribution in [1.29, 1.82) is 0 Å². The van der Waals surface area contributed by atoms with Crippen LogP contribution in [0.5, 0.6) is 0 Å². The van der Waals surface area contributed by atoms with Crippen LogP contribution in [0, 0.1) is 0 Å². The summed E-state index contributed by atoms with van der Waals surface area (Å²) in [5.74, 6) is 0. The summed E-state index contributed by atoms with van der Waals surface area (Å²) in [6, 6.07) is 17.0. The van der Waals surface area contributed by atoms with E-state index in [-0.39, 0.29) is 0 Å². The standard InChI is InChI=1S/C22H26N2/c1-3-5-6-8-20-11-15-22(16-12-20)18-24-23-17-21-13-9-19(7-4-2)10-14-21/h3,9-18H,1,4-8H2,2H3. The first-order chi connectivity index (χ1) is 11.8. The zero-order valence-electron chi connectivity index (χ0n) is 14.5. The van der Waals surface area contributed by atoms with Gasteiger partial charge in [-0.1, -0.05) is 68.0 Å². The average molecular weight is 318 g/mol. The third-order valence-electron chi connectivity index (χ3n) is 3.85. The lowest BCUT2D eigenvalue weighted by Crippen LogP contribution is -1.87. The fraction of sp³-hybridized carbons (Fsp3) is 0.273. The lowest BCUT2D eigenvalue weighted by molar-refractivity contribution is 0.844. The fourth-order valence-electron chi connectivity index (χ4n) is 2.48. The Hall–Kier alpha value is -2.48. The molecule has 0 bridgehead atoms. The van der Waals surface area contributed by atoms with E-state index in [1.54, 1.807) is 12.4 Å². The van der Waals surface area contributed by atoms with Crippen LogP contribution in [0.15, 0.2) is 71.4 Å². The van der Waals surface area contributed by atoms with Gasteiger partial charge in [-0.2, -0.15) is 10.2 Å². The number of benzene rings is 2. The average Bonchev–Trinajstić information content (AvgIpc) is 2.62. The molecule has 0 N–H and O–H groups in total. The Kier molecular flexibility index (Phi) is 7.69. The van der Waals surface area contributed by atoms with Crippen molar-refractivity contribution in [3.63, 3.8) is 0 Å². The highest BCUT2D eigenvalue weighted by Crippen LogP contribution is 2.07. The van der Waals surface area contributed by atoms with Crippen LogP contribution in [0.1, 0.15) is 48.4 Å². The van der Waals surface area contributed by atoms with E-state index in [0.717, 1.165) is 36.8 Å². The minimum Gasteiger partial charge on any atom is -0.159 e. The van der Waals surface area contributed by atoms with Gasteiger partial charge in [0.05, 0.1) is 12.4 Å². The molecular formula is C22H26N2. The molecular weight excluding hydrogens is 292 g/mol. The van der Waals surface area contributed by atoms with Gasteiger partial charge in [0.25, 0.3) is 0 Å². The zero-order chi connectivity index (χ0) is 17.0. The van der Waals surface area contributed by atoms with Crippen LogP contribution in [0.2, 0.25) is 0 Å². The van der Waals surface area contributed by atoms with Crippen molar-refractivity contribution in [2.45, 2.75) is 39.0 Å². The van der Waals surface area contributed by atoms with Gasteiger partial charge in [-0.3, -0.25) is 0 Å². The van der Waals surface area contributed by atoms with Gasteiger partial charge < -0.3 is 0 Å². The molecule has 0 aliphatic heterocycles. The number of allylic oxidation sites excluding steroid dienone is 1. The quantitative estimate of drug-likeness (QED) is 0.249. The Balaban J connectivity index is 1.85. The number of hydrogen-bond donors (Lipinski definition) is 0. The van der Waals surface area contributed by atoms with Gasteiger partial charge in [0, 0.05) is 0 Å². The Morgan fingerprint density at radius 3 is 1.75 bits per heavy atom. The minimum absolute atomic E-state index is 1.07. The molecule has 2 rings (SSSR count). The normalized spacial score (nSPS) is 11.4. The van der Waals surface area contributed by atoms with E-state index in [9.17, 15) is 0 Å². The van der Waals surface area contributed by atoms with Crippen molar-refractivity contribution in [3.8, 4) is 0 Å². The molecule has 0 heterocycles. The zero-order valence-corrected chi connectivity index (χ0v) is 14.5. The van der Waals surface area contributed by atoms with Crippen LogP contribution in [0.3, 0.4) is 0 Å². The first-order valence-electron chi connectivity index (χ1n) is 8.67. The topological polar surface area (TPSA) is 24.7 Å². The molecule has 0 aliphatic carbocycles. The van der Waals surface area contributed by atoms with Gasteiger partial charge in [-0.15, -0.1) is 6.58 Å². The van der Waals surface area contributed by atoms with Crippen molar-refractivity contribution in [2.24, 2.45) is 10.2 Å². The lowest BCUT2D eigenvalue weighted by atomic mass is 10.1. The van der Waals surface area contributed by atoms with Crippen LogP contribution in [0.4, 0.5) is 0 Å². The van der Waals surface area contributed by atoms with E-state index in [2.05, 4.69) is 72.2 Å². The second-order valence-corrected chi connectivity index (χ2v) is 5.90. The van der Waals surface area contributed by atoms with Gasteiger partial charge in [0.2, 0.25) is 0 Å². The third-order valence-corrected chi connectivity index (χ3v) is 3.85. The molecule has 0 saturated heterocycles. The number of aryl methyl sites for hydroxylation is 2. The van der Waals surface area contributed by atoms with Gasteiger partial charge in [0.1, 0.15) is 0 Å². The van der Waals surface area contributed by atoms with E-state index in [1.807, 2.05) is 6.08 Å². The molecule has 2 aromatic carbocycles. The Morgan fingerprint density at radius 2 is 1.29 bits per heavy atom. The van der Waals surface area contributed by atoms with E-state index < -0.39 is 0 Å². The lowest BCUT2D eigenvalue weighted by Gasteiger charge is -2.00. The molecule has 0 spiro atoms. The third kappa shape index (κ3) is 6.33. The Bertz CT molecular complexity index is 664. The molecule has 0 unspecified atom stereocenters. The van der Waals surface area contributed by atoms with Crippen LogP contribution in [-0.4, -0.2) is 12.4 Å². The van der Waals surface area contributed by atoms with Crippen LogP contribution in [-0.2, 0) is 12.8 Å². The van der Waals surface area contributed by atoms with E-state index in [4.69, 9.17) is 0 Å². The van der Waals surface area contributed by atoms with Crippen LogP contribution in [0.25, 0.3) is 0 Å². The summed E-state index contributed by atoms with van der Waals surface area (Å²) in [5, 5.41) is 8.26. The van der Waals surface area contributed by atoms with Crippen molar-refractivity contribution in [3.05, 3.63) is 83.4 Å². The largest absolute Gasteiger partial charge is 0.159 e. The van der Waals surface area contributed by atoms with E-state index >= 15 is 0 Å². The Morgan fingerprint density at radius 1 is 0.792 bits per heavy atom.